The van der Waals surface area contributed by atoms with E-state index in [1.165, 1.54) is 0 Å². The van der Waals surface area contributed by atoms with Crippen LogP contribution in [0.25, 0.3) is 0 Å². The molecule has 1 saturated carbocycles. The number of rotatable bonds is 5. The van der Waals surface area contributed by atoms with E-state index in [0.717, 1.165) is 37.9 Å². The molecule has 0 aromatic heterocycles. The maximum absolute atomic E-state index is 12.8. The third kappa shape index (κ3) is 2.71. The predicted octanol–water partition coefficient (Wildman–Crippen LogP) is 2.10. The normalized spacial score (nSPS) is 33.8. The first-order valence-corrected chi connectivity index (χ1v) is 9.77. The summed E-state index contributed by atoms with van der Waals surface area (Å²) in [6, 6.07) is 7.17. The van der Waals surface area contributed by atoms with Crippen LogP contribution in [-0.4, -0.2) is 50.2 Å². The van der Waals surface area contributed by atoms with Crippen molar-refractivity contribution in [2.75, 3.05) is 19.8 Å². The van der Waals surface area contributed by atoms with Gasteiger partial charge in [0.1, 0.15) is 0 Å². The van der Waals surface area contributed by atoms with Crippen LogP contribution >= 0.6 is 0 Å². The van der Waals surface area contributed by atoms with Crippen LogP contribution in [0.2, 0.25) is 0 Å². The van der Waals surface area contributed by atoms with Gasteiger partial charge >= 0.3 is 0 Å². The van der Waals surface area contributed by atoms with Gasteiger partial charge in [0, 0.05) is 19.2 Å². The van der Waals surface area contributed by atoms with E-state index in [2.05, 4.69) is 0 Å². The topological polar surface area (TPSA) is 55.8 Å². The minimum Gasteiger partial charge on any atom is -0.376 e. The molecule has 5 rings (SSSR count). The van der Waals surface area contributed by atoms with Gasteiger partial charge in [0.05, 0.1) is 23.2 Å². The minimum atomic E-state index is -3.42. The largest absolute Gasteiger partial charge is 0.376 e. The zero-order valence-corrected chi connectivity index (χ0v) is 14.2. The molecule has 1 aliphatic carbocycles. The van der Waals surface area contributed by atoms with E-state index in [0.29, 0.717) is 18.0 Å². The number of hydrogen-bond acceptors (Lipinski definition) is 4. The van der Waals surface area contributed by atoms with Gasteiger partial charge in [-0.15, -0.1) is 0 Å². The van der Waals surface area contributed by atoms with Gasteiger partial charge in [0.2, 0.25) is 10.0 Å². The summed E-state index contributed by atoms with van der Waals surface area (Å²) >= 11 is 0. The van der Waals surface area contributed by atoms with Crippen LogP contribution in [0.1, 0.15) is 31.2 Å². The second-order valence-corrected chi connectivity index (χ2v) is 8.94. The quantitative estimate of drug-likeness (QED) is 0.826. The van der Waals surface area contributed by atoms with Crippen LogP contribution in [0.3, 0.4) is 0 Å². The molecule has 126 valence electrons. The molecule has 3 saturated heterocycles. The molecular formula is C17H23NO4S. The molecule has 1 aromatic carbocycles. The Morgan fingerprint density at radius 1 is 1.30 bits per heavy atom. The Morgan fingerprint density at radius 2 is 2.04 bits per heavy atom. The molecule has 23 heavy (non-hydrogen) atoms. The van der Waals surface area contributed by atoms with Crippen LogP contribution in [0.5, 0.6) is 0 Å². The highest BCUT2D eigenvalue weighted by molar-refractivity contribution is 7.89. The first kappa shape index (κ1) is 15.6. The lowest BCUT2D eigenvalue weighted by Gasteiger charge is -2.37. The standard InChI is InChI=1S/C17H23NO4S/c1-13-4-6-16(7-5-13)23(19,20)18-12-17(9-14(18)10-17)22-11-15-3-2-8-21-15/h4-7,14-15H,2-3,8-12H2,1H3. The van der Waals surface area contributed by atoms with Gasteiger partial charge < -0.3 is 9.47 Å². The molecule has 0 amide bonds. The highest BCUT2D eigenvalue weighted by Crippen LogP contribution is 2.49. The third-order valence-electron chi connectivity index (χ3n) is 5.29. The monoisotopic (exact) mass is 337 g/mol. The van der Waals surface area contributed by atoms with E-state index in [-0.39, 0.29) is 17.7 Å². The molecule has 2 bridgehead atoms. The number of ether oxygens (including phenoxy) is 2. The summed E-state index contributed by atoms with van der Waals surface area (Å²) in [6.07, 6.45) is 3.95. The van der Waals surface area contributed by atoms with E-state index in [4.69, 9.17) is 9.47 Å². The van der Waals surface area contributed by atoms with Crippen LogP contribution in [-0.2, 0) is 19.5 Å². The summed E-state index contributed by atoms with van der Waals surface area (Å²) in [5.74, 6) is 0. The SMILES string of the molecule is Cc1ccc(S(=O)(=O)N2CC3(OCC4CCCO4)CC2C3)cc1. The van der Waals surface area contributed by atoms with Crippen molar-refractivity contribution < 1.29 is 17.9 Å². The molecule has 1 aromatic rings. The van der Waals surface area contributed by atoms with Crippen molar-refractivity contribution in [2.45, 2.75) is 55.2 Å². The molecule has 3 heterocycles. The first-order chi connectivity index (χ1) is 11.0. The fourth-order valence-electron chi connectivity index (χ4n) is 3.88. The number of benzene rings is 1. The van der Waals surface area contributed by atoms with Crippen LogP contribution in [0, 0.1) is 6.92 Å². The molecule has 1 atom stereocenters. The van der Waals surface area contributed by atoms with Crippen LogP contribution < -0.4 is 0 Å². The number of hydrogen-bond donors (Lipinski definition) is 0. The Bertz CT molecular complexity index is 673. The molecule has 5 nitrogen and oxygen atoms in total. The summed E-state index contributed by atoms with van der Waals surface area (Å²) in [5, 5.41) is 0. The number of fused-ring (bicyclic) bond motifs is 1. The highest BCUT2D eigenvalue weighted by atomic mass is 32.2. The molecule has 1 unspecified atom stereocenters. The van der Waals surface area contributed by atoms with Crippen molar-refractivity contribution >= 4 is 10.0 Å². The molecule has 4 fully saturated rings. The van der Waals surface area contributed by atoms with Crippen molar-refractivity contribution in [1.82, 2.24) is 4.31 Å². The summed E-state index contributed by atoms with van der Waals surface area (Å²) in [4.78, 5) is 0.380. The van der Waals surface area contributed by atoms with E-state index in [9.17, 15) is 8.42 Å². The molecule has 6 heteroatoms. The average molecular weight is 337 g/mol. The predicted molar refractivity (Wildman–Crippen MR) is 85.7 cm³/mol. The van der Waals surface area contributed by atoms with Gasteiger partial charge in [-0.05, 0) is 44.7 Å². The maximum Gasteiger partial charge on any atom is 0.243 e. The van der Waals surface area contributed by atoms with Gasteiger partial charge in [0.15, 0.2) is 0 Å². The lowest BCUT2D eigenvalue weighted by molar-refractivity contribution is -0.100. The van der Waals surface area contributed by atoms with Crippen molar-refractivity contribution in [1.29, 1.82) is 0 Å². The van der Waals surface area contributed by atoms with E-state index in [1.807, 2.05) is 19.1 Å². The summed E-state index contributed by atoms with van der Waals surface area (Å²) in [7, 11) is -3.42. The zero-order valence-electron chi connectivity index (χ0n) is 13.4. The molecule has 4 aliphatic rings. The Labute approximate surface area is 137 Å². The Kier molecular flexibility index (Phi) is 3.76. The molecule has 0 N–H and O–H groups in total. The highest BCUT2D eigenvalue weighted by Gasteiger charge is 2.60. The van der Waals surface area contributed by atoms with Crippen molar-refractivity contribution in [3.05, 3.63) is 29.8 Å². The minimum absolute atomic E-state index is 0.0887. The van der Waals surface area contributed by atoms with Crippen molar-refractivity contribution in [3.63, 3.8) is 0 Å². The fourth-order valence-corrected chi connectivity index (χ4v) is 5.58. The fraction of sp³-hybridized carbons (Fsp3) is 0.647. The van der Waals surface area contributed by atoms with E-state index in [1.54, 1.807) is 16.4 Å². The number of nitrogens with zero attached hydrogens (tertiary/aromatic N) is 1. The first-order valence-electron chi connectivity index (χ1n) is 8.33. The maximum atomic E-state index is 12.8. The zero-order chi connectivity index (χ0) is 16.1. The lowest BCUT2D eigenvalue weighted by atomic mass is 9.81. The number of aryl methyl sites for hydroxylation is 1. The third-order valence-corrected chi connectivity index (χ3v) is 7.21. The van der Waals surface area contributed by atoms with E-state index < -0.39 is 10.0 Å². The van der Waals surface area contributed by atoms with Crippen molar-refractivity contribution in [3.8, 4) is 0 Å². The molecule has 0 spiro atoms. The summed E-state index contributed by atoms with van der Waals surface area (Å²) in [6.45, 7) is 3.83. The Hall–Kier alpha value is -0.950. The van der Waals surface area contributed by atoms with Gasteiger partial charge in [0.25, 0.3) is 0 Å². The van der Waals surface area contributed by atoms with Gasteiger partial charge in [-0.25, -0.2) is 8.42 Å². The average Bonchev–Trinajstić information content (AvgIpc) is 3.20. The van der Waals surface area contributed by atoms with E-state index >= 15 is 0 Å². The Morgan fingerprint density at radius 3 is 2.70 bits per heavy atom. The Balaban J connectivity index is 1.44. The van der Waals surface area contributed by atoms with Gasteiger partial charge in [-0.1, -0.05) is 17.7 Å². The second-order valence-electron chi connectivity index (χ2n) is 7.05. The van der Waals surface area contributed by atoms with Crippen LogP contribution in [0.4, 0.5) is 0 Å². The summed E-state index contributed by atoms with van der Waals surface area (Å²) < 4.78 is 39.0. The molecular weight excluding hydrogens is 314 g/mol. The second kappa shape index (κ2) is 5.55. The lowest BCUT2D eigenvalue weighted by Crippen LogP contribution is -2.44. The molecule has 0 radical (unpaired) electrons. The number of sulfonamides is 1. The van der Waals surface area contributed by atoms with Crippen molar-refractivity contribution in [2.24, 2.45) is 0 Å². The van der Waals surface area contributed by atoms with Gasteiger partial charge in [-0.3, -0.25) is 0 Å². The summed E-state index contributed by atoms with van der Waals surface area (Å²) in [5.41, 5.74) is 0.778. The van der Waals surface area contributed by atoms with Gasteiger partial charge in [-0.2, -0.15) is 4.31 Å². The van der Waals surface area contributed by atoms with Crippen LogP contribution in [0.15, 0.2) is 29.2 Å². The molecule has 3 aliphatic heterocycles. The smallest absolute Gasteiger partial charge is 0.243 e.